The van der Waals surface area contributed by atoms with Gasteiger partial charge in [-0.1, -0.05) is 18.2 Å². The van der Waals surface area contributed by atoms with E-state index in [0.29, 0.717) is 23.0 Å². The topological polar surface area (TPSA) is 54.6 Å². The predicted molar refractivity (Wildman–Crippen MR) is 110 cm³/mol. The van der Waals surface area contributed by atoms with Gasteiger partial charge in [-0.3, -0.25) is 4.79 Å². The molecule has 0 spiro atoms. The first-order chi connectivity index (χ1) is 13.7. The zero-order valence-corrected chi connectivity index (χ0v) is 16.4. The van der Waals surface area contributed by atoms with Gasteiger partial charge in [0.05, 0.1) is 14.2 Å². The molecular formula is C23H26N2O3. The number of hydrogen-bond donors (Lipinski definition) is 1. The van der Waals surface area contributed by atoms with Crippen molar-refractivity contribution in [1.82, 2.24) is 9.88 Å². The summed E-state index contributed by atoms with van der Waals surface area (Å²) in [5.41, 5.74) is 3.18. The van der Waals surface area contributed by atoms with Gasteiger partial charge in [-0.05, 0) is 48.9 Å². The molecule has 146 valence electrons. The van der Waals surface area contributed by atoms with Crippen LogP contribution in [0.3, 0.4) is 0 Å². The minimum Gasteiger partial charge on any atom is -0.497 e. The third-order valence-corrected chi connectivity index (χ3v) is 5.68. The molecule has 0 aliphatic carbocycles. The van der Waals surface area contributed by atoms with E-state index in [2.05, 4.69) is 35.4 Å². The number of rotatable bonds is 5. The fraction of sp³-hybridized carbons (Fsp3) is 0.348. The summed E-state index contributed by atoms with van der Waals surface area (Å²) in [5.74, 6) is 1.92. The van der Waals surface area contributed by atoms with Gasteiger partial charge in [-0.25, -0.2) is 0 Å². The number of carbonyl (C=O) groups is 1. The molecule has 0 unspecified atom stereocenters. The Bertz CT molecular complexity index is 949. The van der Waals surface area contributed by atoms with Crippen molar-refractivity contribution in [2.75, 3.05) is 27.3 Å². The van der Waals surface area contributed by atoms with Crippen LogP contribution in [0.15, 0.2) is 48.7 Å². The highest BCUT2D eigenvalue weighted by Crippen LogP contribution is 2.28. The van der Waals surface area contributed by atoms with Gasteiger partial charge in [0.1, 0.15) is 11.5 Å². The molecule has 3 aromatic rings. The van der Waals surface area contributed by atoms with Crippen molar-refractivity contribution in [3.63, 3.8) is 0 Å². The minimum absolute atomic E-state index is 0.0442. The Kier molecular flexibility index (Phi) is 5.24. The van der Waals surface area contributed by atoms with Crippen molar-refractivity contribution in [2.24, 2.45) is 5.92 Å². The fourth-order valence-corrected chi connectivity index (χ4v) is 4.07. The number of fused-ring (bicyclic) bond motifs is 1. The number of benzene rings is 2. The summed E-state index contributed by atoms with van der Waals surface area (Å²) in [6.07, 6.45) is 5.22. The first-order valence-corrected chi connectivity index (χ1v) is 9.75. The SMILES string of the molecule is COc1cc(OC)cc(C(=O)N2CCC(Cc3c[nH]c4ccccc34)CC2)c1. The summed E-state index contributed by atoms with van der Waals surface area (Å²) in [4.78, 5) is 18.2. The van der Waals surface area contributed by atoms with E-state index in [9.17, 15) is 4.79 Å². The van der Waals surface area contributed by atoms with Gasteiger partial charge >= 0.3 is 0 Å². The zero-order valence-electron chi connectivity index (χ0n) is 16.4. The maximum absolute atomic E-state index is 12.9. The van der Waals surface area contributed by atoms with E-state index in [1.54, 1.807) is 32.4 Å². The Morgan fingerprint density at radius 2 is 1.75 bits per heavy atom. The van der Waals surface area contributed by atoms with Crippen LogP contribution < -0.4 is 9.47 Å². The van der Waals surface area contributed by atoms with Gasteiger partial charge < -0.3 is 19.4 Å². The summed E-state index contributed by atoms with van der Waals surface area (Å²) < 4.78 is 10.6. The second-order valence-electron chi connectivity index (χ2n) is 7.40. The lowest BCUT2D eigenvalue weighted by Crippen LogP contribution is -2.38. The van der Waals surface area contributed by atoms with Crippen LogP contribution in [0.1, 0.15) is 28.8 Å². The molecule has 0 bridgehead atoms. The highest BCUT2D eigenvalue weighted by Gasteiger charge is 2.25. The summed E-state index contributed by atoms with van der Waals surface area (Å²) in [6, 6.07) is 13.8. The molecule has 1 aliphatic heterocycles. The van der Waals surface area contributed by atoms with Crippen molar-refractivity contribution in [3.05, 3.63) is 59.8 Å². The monoisotopic (exact) mass is 378 g/mol. The number of aromatic amines is 1. The average molecular weight is 378 g/mol. The molecule has 0 atom stereocenters. The van der Waals surface area contributed by atoms with E-state index >= 15 is 0 Å². The van der Waals surface area contributed by atoms with Crippen LogP contribution in [0.4, 0.5) is 0 Å². The average Bonchev–Trinajstić information content (AvgIpc) is 3.16. The number of piperidine rings is 1. The Balaban J connectivity index is 1.40. The maximum atomic E-state index is 12.9. The molecule has 1 amide bonds. The van der Waals surface area contributed by atoms with Gasteiger partial charge in [-0.15, -0.1) is 0 Å². The molecule has 1 aromatic heterocycles. The Hall–Kier alpha value is -2.95. The van der Waals surface area contributed by atoms with Crippen LogP contribution in [-0.2, 0) is 6.42 Å². The molecular weight excluding hydrogens is 352 g/mol. The standard InChI is InChI=1S/C23H26N2O3/c1-27-19-12-17(13-20(14-19)28-2)23(26)25-9-7-16(8-10-25)11-18-15-24-22-6-4-3-5-21(18)22/h3-6,12-16,24H,7-11H2,1-2H3. The highest BCUT2D eigenvalue weighted by atomic mass is 16.5. The Labute approximate surface area is 165 Å². The van der Waals surface area contributed by atoms with Gasteiger partial charge in [0, 0.05) is 41.8 Å². The number of aromatic nitrogens is 1. The molecule has 4 rings (SSSR count). The maximum Gasteiger partial charge on any atom is 0.254 e. The number of methoxy groups -OCH3 is 2. The summed E-state index contributed by atoms with van der Waals surface area (Å²) >= 11 is 0. The molecule has 0 radical (unpaired) electrons. The largest absolute Gasteiger partial charge is 0.497 e. The number of hydrogen-bond acceptors (Lipinski definition) is 3. The quantitative estimate of drug-likeness (QED) is 0.721. The number of H-pyrrole nitrogens is 1. The molecule has 0 saturated carbocycles. The number of amides is 1. The molecule has 2 aromatic carbocycles. The van der Waals surface area contributed by atoms with Crippen molar-refractivity contribution in [2.45, 2.75) is 19.3 Å². The van der Waals surface area contributed by atoms with Crippen molar-refractivity contribution < 1.29 is 14.3 Å². The van der Waals surface area contributed by atoms with Crippen LogP contribution in [0, 0.1) is 5.92 Å². The molecule has 28 heavy (non-hydrogen) atoms. The van der Waals surface area contributed by atoms with Crippen LogP contribution in [0.2, 0.25) is 0 Å². The smallest absolute Gasteiger partial charge is 0.254 e. The van der Waals surface area contributed by atoms with E-state index in [-0.39, 0.29) is 5.91 Å². The normalized spacial score (nSPS) is 15.0. The van der Waals surface area contributed by atoms with Crippen LogP contribution in [0.5, 0.6) is 11.5 Å². The fourth-order valence-electron chi connectivity index (χ4n) is 4.07. The van der Waals surface area contributed by atoms with E-state index in [1.807, 2.05) is 4.90 Å². The Morgan fingerprint density at radius 1 is 1.07 bits per heavy atom. The molecule has 1 fully saturated rings. The second-order valence-corrected chi connectivity index (χ2v) is 7.40. The van der Waals surface area contributed by atoms with Crippen LogP contribution in [0.25, 0.3) is 10.9 Å². The van der Waals surface area contributed by atoms with Gasteiger partial charge in [0.15, 0.2) is 0 Å². The molecule has 2 heterocycles. The molecule has 5 nitrogen and oxygen atoms in total. The molecule has 1 aliphatic rings. The molecule has 1 N–H and O–H groups in total. The predicted octanol–water partition coefficient (Wildman–Crippen LogP) is 4.28. The summed E-state index contributed by atoms with van der Waals surface area (Å²) in [6.45, 7) is 1.57. The first kappa shape index (κ1) is 18.4. The molecule has 1 saturated heterocycles. The summed E-state index contributed by atoms with van der Waals surface area (Å²) in [5, 5.41) is 1.31. The van der Waals surface area contributed by atoms with E-state index in [1.165, 1.54) is 16.5 Å². The first-order valence-electron chi connectivity index (χ1n) is 9.75. The number of nitrogens with one attached hydrogen (secondary N) is 1. The van der Waals surface area contributed by atoms with Gasteiger partial charge in [0.25, 0.3) is 5.91 Å². The minimum atomic E-state index is 0.0442. The summed E-state index contributed by atoms with van der Waals surface area (Å²) in [7, 11) is 3.19. The van der Waals surface area contributed by atoms with Crippen LogP contribution >= 0.6 is 0 Å². The lowest BCUT2D eigenvalue weighted by Gasteiger charge is -2.32. The zero-order chi connectivity index (χ0) is 19.5. The number of nitrogens with zero attached hydrogens (tertiary/aromatic N) is 1. The molecule has 5 heteroatoms. The van der Waals surface area contributed by atoms with E-state index in [0.717, 1.165) is 32.4 Å². The van der Waals surface area contributed by atoms with Gasteiger partial charge in [-0.2, -0.15) is 0 Å². The number of carbonyl (C=O) groups excluding carboxylic acids is 1. The third kappa shape index (κ3) is 3.70. The number of para-hydroxylation sites is 1. The van der Waals surface area contributed by atoms with Crippen LogP contribution in [-0.4, -0.2) is 43.1 Å². The highest BCUT2D eigenvalue weighted by molar-refractivity contribution is 5.95. The number of likely N-dealkylation sites (tertiary alicyclic amines) is 1. The number of ether oxygens (including phenoxy) is 2. The van der Waals surface area contributed by atoms with Crippen molar-refractivity contribution in [1.29, 1.82) is 0 Å². The van der Waals surface area contributed by atoms with Crippen molar-refractivity contribution in [3.8, 4) is 11.5 Å². The lowest BCUT2D eigenvalue weighted by molar-refractivity contribution is 0.0690. The van der Waals surface area contributed by atoms with E-state index in [4.69, 9.17) is 9.47 Å². The van der Waals surface area contributed by atoms with Gasteiger partial charge in [0.2, 0.25) is 0 Å². The second kappa shape index (κ2) is 7.97. The van der Waals surface area contributed by atoms with E-state index < -0.39 is 0 Å². The lowest BCUT2D eigenvalue weighted by atomic mass is 9.90. The Morgan fingerprint density at radius 3 is 2.43 bits per heavy atom. The third-order valence-electron chi connectivity index (χ3n) is 5.68. The van der Waals surface area contributed by atoms with Crippen molar-refractivity contribution >= 4 is 16.8 Å².